The summed E-state index contributed by atoms with van der Waals surface area (Å²) in [6, 6.07) is 10.7. The minimum absolute atomic E-state index is 0. The average molecular weight is 270 g/mol. The molecule has 3 nitrogen and oxygen atoms in total. The normalized spacial score (nSPS) is 17.4. The first-order valence-electron chi connectivity index (χ1n) is 6.57. The third-order valence-electron chi connectivity index (χ3n) is 3.47. The molecule has 1 aliphatic heterocycles. The predicted molar refractivity (Wildman–Crippen MR) is 79.3 cm³/mol. The maximum Gasteiger partial charge on any atom is 0.0110 e. The molecule has 2 rings (SSSR count). The van der Waals surface area contributed by atoms with Crippen molar-refractivity contribution in [2.75, 3.05) is 45.8 Å². The summed E-state index contributed by atoms with van der Waals surface area (Å²) in [5.74, 6) is 0. The minimum atomic E-state index is 0. The molecule has 1 aliphatic rings. The van der Waals surface area contributed by atoms with Crippen LogP contribution in [0.1, 0.15) is 5.56 Å². The SMILES string of the molecule is Cl.NCCN1CCN(CCc2ccccc2)CC1. The van der Waals surface area contributed by atoms with Crippen molar-refractivity contribution in [1.82, 2.24) is 9.80 Å². The van der Waals surface area contributed by atoms with Crippen molar-refractivity contribution < 1.29 is 0 Å². The van der Waals surface area contributed by atoms with Crippen molar-refractivity contribution in [2.24, 2.45) is 5.73 Å². The summed E-state index contributed by atoms with van der Waals surface area (Å²) in [6.45, 7) is 7.73. The van der Waals surface area contributed by atoms with Crippen LogP contribution < -0.4 is 5.73 Å². The van der Waals surface area contributed by atoms with Gasteiger partial charge in [0.1, 0.15) is 0 Å². The minimum Gasteiger partial charge on any atom is -0.329 e. The van der Waals surface area contributed by atoms with Gasteiger partial charge in [-0.15, -0.1) is 12.4 Å². The summed E-state index contributed by atoms with van der Waals surface area (Å²) in [5, 5.41) is 0. The number of hydrogen-bond acceptors (Lipinski definition) is 3. The Kier molecular flexibility index (Phi) is 7.28. The van der Waals surface area contributed by atoms with Gasteiger partial charge in [0, 0.05) is 45.8 Å². The Balaban J connectivity index is 0.00000162. The van der Waals surface area contributed by atoms with Gasteiger partial charge in [0.25, 0.3) is 0 Å². The molecule has 2 N–H and O–H groups in total. The standard InChI is InChI=1S/C14H23N3.ClH/c15-7-9-17-12-10-16(11-13-17)8-6-14-4-2-1-3-5-14;/h1-5H,6-13,15H2;1H. The quantitative estimate of drug-likeness (QED) is 0.873. The van der Waals surface area contributed by atoms with E-state index in [0.717, 1.165) is 19.5 Å². The maximum atomic E-state index is 5.57. The zero-order chi connectivity index (χ0) is 11.9. The van der Waals surface area contributed by atoms with Gasteiger partial charge in [0.05, 0.1) is 0 Å². The Bertz CT molecular complexity index is 310. The molecule has 102 valence electrons. The van der Waals surface area contributed by atoms with E-state index in [1.54, 1.807) is 0 Å². The lowest BCUT2D eigenvalue weighted by Gasteiger charge is -2.34. The fourth-order valence-corrected chi connectivity index (χ4v) is 2.35. The third-order valence-corrected chi connectivity index (χ3v) is 3.47. The Hall–Kier alpha value is -0.610. The summed E-state index contributed by atoms with van der Waals surface area (Å²) in [4.78, 5) is 5.01. The molecular weight excluding hydrogens is 246 g/mol. The Morgan fingerprint density at radius 2 is 1.44 bits per heavy atom. The Morgan fingerprint density at radius 1 is 0.889 bits per heavy atom. The van der Waals surface area contributed by atoms with Crippen LogP contribution in [0.3, 0.4) is 0 Å². The van der Waals surface area contributed by atoms with Crippen LogP contribution in [0.5, 0.6) is 0 Å². The first-order chi connectivity index (χ1) is 8.38. The predicted octanol–water partition coefficient (Wildman–Crippen LogP) is 1.23. The number of nitrogens with two attached hydrogens (primary N) is 1. The molecule has 1 aromatic rings. The van der Waals surface area contributed by atoms with Gasteiger partial charge >= 0.3 is 0 Å². The smallest absolute Gasteiger partial charge is 0.0110 e. The van der Waals surface area contributed by atoms with E-state index in [2.05, 4.69) is 40.1 Å². The lowest BCUT2D eigenvalue weighted by Crippen LogP contribution is -2.48. The van der Waals surface area contributed by atoms with Crippen molar-refractivity contribution in [3.05, 3.63) is 35.9 Å². The zero-order valence-electron chi connectivity index (χ0n) is 10.9. The van der Waals surface area contributed by atoms with Gasteiger partial charge in [-0.2, -0.15) is 0 Å². The molecule has 0 radical (unpaired) electrons. The van der Waals surface area contributed by atoms with Crippen LogP contribution in [-0.2, 0) is 6.42 Å². The lowest BCUT2D eigenvalue weighted by molar-refractivity contribution is 0.136. The van der Waals surface area contributed by atoms with E-state index in [1.807, 2.05) is 0 Å². The molecule has 0 spiro atoms. The monoisotopic (exact) mass is 269 g/mol. The second kappa shape index (κ2) is 8.48. The largest absolute Gasteiger partial charge is 0.329 e. The van der Waals surface area contributed by atoms with E-state index >= 15 is 0 Å². The summed E-state index contributed by atoms with van der Waals surface area (Å²) < 4.78 is 0. The van der Waals surface area contributed by atoms with Gasteiger partial charge in [0.2, 0.25) is 0 Å². The summed E-state index contributed by atoms with van der Waals surface area (Å²) in [6.07, 6.45) is 1.16. The van der Waals surface area contributed by atoms with Gasteiger partial charge in [0.15, 0.2) is 0 Å². The summed E-state index contributed by atoms with van der Waals surface area (Å²) in [7, 11) is 0. The van der Waals surface area contributed by atoms with E-state index < -0.39 is 0 Å². The van der Waals surface area contributed by atoms with E-state index in [0.29, 0.717) is 0 Å². The van der Waals surface area contributed by atoms with Crippen LogP contribution in [0.4, 0.5) is 0 Å². The fraction of sp³-hybridized carbons (Fsp3) is 0.571. The molecule has 1 saturated heterocycles. The highest BCUT2D eigenvalue weighted by atomic mass is 35.5. The van der Waals surface area contributed by atoms with Crippen LogP contribution in [0, 0.1) is 0 Å². The summed E-state index contributed by atoms with van der Waals surface area (Å²) >= 11 is 0. The molecule has 1 aromatic carbocycles. The second-order valence-corrected chi connectivity index (χ2v) is 4.71. The molecule has 0 bridgehead atoms. The molecule has 1 heterocycles. The number of rotatable bonds is 5. The maximum absolute atomic E-state index is 5.57. The third kappa shape index (κ3) is 4.94. The number of piperazine rings is 1. The molecule has 0 amide bonds. The van der Waals surface area contributed by atoms with Crippen molar-refractivity contribution in [1.29, 1.82) is 0 Å². The number of halogens is 1. The lowest BCUT2D eigenvalue weighted by atomic mass is 10.1. The van der Waals surface area contributed by atoms with Gasteiger partial charge in [-0.05, 0) is 12.0 Å². The highest BCUT2D eigenvalue weighted by Gasteiger charge is 2.15. The van der Waals surface area contributed by atoms with Crippen molar-refractivity contribution in [3.63, 3.8) is 0 Å². The van der Waals surface area contributed by atoms with Crippen LogP contribution in [-0.4, -0.2) is 55.6 Å². The molecule has 0 atom stereocenters. The van der Waals surface area contributed by atoms with Gasteiger partial charge in [-0.25, -0.2) is 0 Å². The highest BCUT2D eigenvalue weighted by Crippen LogP contribution is 2.04. The Labute approximate surface area is 116 Å². The molecular formula is C14H24ClN3. The molecule has 4 heteroatoms. The first kappa shape index (κ1) is 15.4. The van der Waals surface area contributed by atoms with Crippen LogP contribution >= 0.6 is 12.4 Å². The topological polar surface area (TPSA) is 32.5 Å². The van der Waals surface area contributed by atoms with E-state index in [4.69, 9.17) is 5.73 Å². The molecule has 1 fully saturated rings. The molecule has 0 saturated carbocycles. The number of benzene rings is 1. The first-order valence-corrected chi connectivity index (χ1v) is 6.57. The van der Waals surface area contributed by atoms with E-state index in [9.17, 15) is 0 Å². The second-order valence-electron chi connectivity index (χ2n) is 4.71. The Morgan fingerprint density at radius 3 is 2.00 bits per heavy atom. The van der Waals surface area contributed by atoms with E-state index in [-0.39, 0.29) is 12.4 Å². The van der Waals surface area contributed by atoms with Crippen molar-refractivity contribution in [3.8, 4) is 0 Å². The zero-order valence-corrected chi connectivity index (χ0v) is 11.7. The van der Waals surface area contributed by atoms with Crippen molar-refractivity contribution >= 4 is 12.4 Å². The fourth-order valence-electron chi connectivity index (χ4n) is 2.35. The average Bonchev–Trinajstić information content (AvgIpc) is 2.40. The number of hydrogen-bond donors (Lipinski definition) is 1. The highest BCUT2D eigenvalue weighted by molar-refractivity contribution is 5.85. The van der Waals surface area contributed by atoms with Crippen molar-refractivity contribution in [2.45, 2.75) is 6.42 Å². The van der Waals surface area contributed by atoms with Crippen LogP contribution in [0.15, 0.2) is 30.3 Å². The van der Waals surface area contributed by atoms with Crippen LogP contribution in [0.25, 0.3) is 0 Å². The van der Waals surface area contributed by atoms with E-state index in [1.165, 1.54) is 38.3 Å². The molecule has 0 unspecified atom stereocenters. The molecule has 0 aliphatic carbocycles. The van der Waals surface area contributed by atoms with Gasteiger partial charge in [-0.1, -0.05) is 30.3 Å². The van der Waals surface area contributed by atoms with Gasteiger partial charge in [-0.3, -0.25) is 4.90 Å². The number of nitrogens with zero attached hydrogens (tertiary/aromatic N) is 2. The molecule has 0 aromatic heterocycles. The molecule has 18 heavy (non-hydrogen) atoms. The van der Waals surface area contributed by atoms with Gasteiger partial charge < -0.3 is 10.6 Å². The summed E-state index contributed by atoms with van der Waals surface area (Å²) in [5.41, 5.74) is 7.01. The van der Waals surface area contributed by atoms with Crippen LogP contribution in [0.2, 0.25) is 0 Å².